The summed E-state index contributed by atoms with van der Waals surface area (Å²) in [5.74, 6) is 0. The van der Waals surface area contributed by atoms with E-state index in [2.05, 4.69) is 27.2 Å². The van der Waals surface area contributed by atoms with Gasteiger partial charge in [-0.05, 0) is 11.0 Å². The average molecular weight is 203 g/mol. The van der Waals surface area contributed by atoms with Crippen molar-refractivity contribution in [3.8, 4) is 0 Å². The Kier molecular flexibility index (Phi) is 7420. The van der Waals surface area contributed by atoms with E-state index >= 15 is 0 Å². The van der Waals surface area contributed by atoms with Crippen LogP contribution >= 0.6 is 0 Å². The van der Waals surface area contributed by atoms with Gasteiger partial charge in [-0.25, -0.2) is 0 Å². The minimum absolute atomic E-state index is 0. The minimum Gasteiger partial charge on any atom is -0.281 e. The van der Waals surface area contributed by atoms with Crippen LogP contribution in [0.15, 0.2) is 0 Å². The zero-order valence-electron chi connectivity index (χ0n) is 3.97. The monoisotopic (exact) mass is 203 g/mol. The van der Waals surface area contributed by atoms with Crippen molar-refractivity contribution in [2.75, 3.05) is 0 Å². The molecular weight excluding hydrogens is 199 g/mol. The third-order valence-electron chi connectivity index (χ3n) is 0. The van der Waals surface area contributed by atoms with Crippen LogP contribution in [0, 0.1) is 0 Å². The van der Waals surface area contributed by atoms with Gasteiger partial charge in [0.1, 0.15) is 0 Å². The number of carbonyl (C=O) groups excluding carboxylic acids is 4. The van der Waals surface area contributed by atoms with Crippen LogP contribution in [0.25, 0.3) is 0 Å². The van der Waals surface area contributed by atoms with E-state index in [4.69, 9.17) is 19.2 Å². The molecule has 0 unspecified atom stereocenters. The Morgan fingerprint density at radius 2 is 0.500 bits per heavy atom. The molecule has 0 aliphatic heterocycles. The Labute approximate surface area is 74.6 Å². The maximum atomic E-state index is 7.50. The fourth-order valence-electron chi connectivity index (χ4n) is 0. The quantitative estimate of drug-likeness (QED) is 0.392. The predicted octanol–water partition coefficient (Wildman–Crippen LogP) is -3.04. The van der Waals surface area contributed by atoms with Crippen molar-refractivity contribution in [1.29, 1.82) is 0 Å². The second-order valence-corrected chi connectivity index (χ2v) is 0. The summed E-state index contributed by atoms with van der Waals surface area (Å²) in [6.07, 6.45) is 0. The molecule has 0 bridgehead atoms. The minimum atomic E-state index is 0. The van der Waals surface area contributed by atoms with E-state index in [1.807, 2.05) is 0 Å². The average Bonchev–Trinajstić information content (AvgIpc) is 2.03. The fraction of sp³-hybridized carbons (Fsp3) is 0. The molecule has 0 aromatic carbocycles. The second kappa shape index (κ2) is 1290. The first-order valence-corrected chi connectivity index (χ1v) is 0.816. The van der Waals surface area contributed by atoms with E-state index in [0.29, 0.717) is 0 Å². The summed E-state index contributed by atoms with van der Waals surface area (Å²) in [6.45, 7) is 18.0. The van der Waals surface area contributed by atoms with Gasteiger partial charge in [0.2, 0.25) is 0 Å². The molecule has 6 heteroatoms. The van der Waals surface area contributed by atoms with Gasteiger partial charge in [-0.3, -0.25) is 19.2 Å². The molecule has 0 spiro atoms. The molecule has 57 valence electrons. The maximum absolute atomic E-state index is 7.50. The van der Waals surface area contributed by atoms with Crippen molar-refractivity contribution in [3.05, 3.63) is 0 Å². The fourth-order valence-corrected chi connectivity index (χ4v) is 0. The van der Waals surface area contributed by atoms with Crippen LogP contribution in [0.5, 0.6) is 0 Å². The summed E-state index contributed by atoms with van der Waals surface area (Å²) in [7, 11) is 0. The molecule has 0 fully saturated rings. The van der Waals surface area contributed by atoms with E-state index in [0.717, 1.165) is 0 Å². The topological polar surface area (TPSA) is 68.3 Å². The molecule has 0 aliphatic rings. The van der Waals surface area contributed by atoms with Crippen LogP contribution < -0.4 is 0 Å². The van der Waals surface area contributed by atoms with Gasteiger partial charge in [-0.2, -0.15) is 0 Å². The Balaban J connectivity index is -0.00000000500. The van der Waals surface area contributed by atoms with E-state index in [1.165, 1.54) is 0 Å². The van der Waals surface area contributed by atoms with Crippen molar-refractivity contribution in [2.45, 2.75) is 0 Å². The van der Waals surface area contributed by atoms with Crippen LogP contribution in [0.1, 0.15) is 0 Å². The molecule has 9 radical (unpaired) electrons. The SMILES string of the molecule is [C]=O.[C]=O.[C]=O.[C]=O.[Co].[SiH4]. The van der Waals surface area contributed by atoms with Gasteiger partial charge >= 0.3 is 0 Å². The van der Waals surface area contributed by atoms with Gasteiger partial charge in [0.25, 0.3) is 27.2 Å². The Bertz CT molecular complexity index is 25.2. The van der Waals surface area contributed by atoms with Crippen molar-refractivity contribution < 1.29 is 36.0 Å². The smallest absolute Gasteiger partial charge is 0.281 e. The summed E-state index contributed by atoms with van der Waals surface area (Å²) in [4.78, 5) is 30.0. The number of rotatable bonds is 0. The molecule has 0 amide bonds. The third-order valence-corrected chi connectivity index (χ3v) is 0. The van der Waals surface area contributed by atoms with Crippen LogP contribution in [0.3, 0.4) is 0 Å². The van der Waals surface area contributed by atoms with E-state index in [-0.39, 0.29) is 27.7 Å². The standard InChI is InChI=1S/4CO.Co.H4Si/c4*1-2;;/h;;;;;1H4. The van der Waals surface area contributed by atoms with E-state index < -0.39 is 0 Å². The molecule has 4 nitrogen and oxygen atoms in total. The molecule has 0 heterocycles. The van der Waals surface area contributed by atoms with Gasteiger partial charge in [0.05, 0.1) is 0 Å². The Hall–Kier alpha value is -0.597. The molecular formula is C4H4CoO4Si. The molecule has 0 aromatic heterocycles. The zero-order valence-corrected chi connectivity index (χ0v) is 5.01. The summed E-state index contributed by atoms with van der Waals surface area (Å²) in [5.41, 5.74) is 0. The van der Waals surface area contributed by atoms with Crippen LogP contribution in [0.4, 0.5) is 0 Å². The van der Waals surface area contributed by atoms with Crippen molar-refractivity contribution in [3.63, 3.8) is 0 Å². The van der Waals surface area contributed by atoms with Crippen LogP contribution in [-0.4, -0.2) is 38.1 Å². The van der Waals surface area contributed by atoms with Crippen LogP contribution in [-0.2, 0) is 36.0 Å². The molecule has 0 N–H and O–H groups in total. The van der Waals surface area contributed by atoms with E-state index in [1.54, 1.807) is 0 Å². The summed E-state index contributed by atoms with van der Waals surface area (Å²) in [5, 5.41) is 0. The van der Waals surface area contributed by atoms with Gasteiger partial charge in [0.15, 0.2) is 0 Å². The Morgan fingerprint density at radius 3 is 0.500 bits per heavy atom. The summed E-state index contributed by atoms with van der Waals surface area (Å²) in [6, 6.07) is 0. The number of hydrogen-bond acceptors (Lipinski definition) is 4. The zero-order chi connectivity index (χ0) is 8.00. The van der Waals surface area contributed by atoms with Crippen molar-refractivity contribution >= 4 is 38.1 Å². The molecule has 10 heavy (non-hydrogen) atoms. The molecule has 0 aliphatic carbocycles. The van der Waals surface area contributed by atoms with Gasteiger partial charge < -0.3 is 0 Å². The first-order chi connectivity index (χ1) is 4.00. The Morgan fingerprint density at radius 1 is 0.500 bits per heavy atom. The van der Waals surface area contributed by atoms with Crippen molar-refractivity contribution in [1.82, 2.24) is 0 Å². The molecule has 0 rings (SSSR count). The molecule has 0 aromatic rings. The molecule has 0 saturated carbocycles. The molecule has 0 atom stereocenters. The van der Waals surface area contributed by atoms with Gasteiger partial charge in [-0.15, -0.1) is 0 Å². The normalized spacial score (nSPS) is 1.60. The number of hydrogen-bond donors (Lipinski definition) is 0. The van der Waals surface area contributed by atoms with E-state index in [9.17, 15) is 0 Å². The molecule has 0 saturated heterocycles. The van der Waals surface area contributed by atoms with Gasteiger partial charge in [0, 0.05) is 16.8 Å². The summed E-state index contributed by atoms with van der Waals surface area (Å²) >= 11 is 0. The summed E-state index contributed by atoms with van der Waals surface area (Å²) < 4.78 is 0. The largest absolute Gasteiger partial charge is 0.281 e. The van der Waals surface area contributed by atoms with Crippen molar-refractivity contribution in [2.24, 2.45) is 0 Å². The first-order valence-electron chi connectivity index (χ1n) is 0.816. The van der Waals surface area contributed by atoms with Crippen LogP contribution in [0.2, 0.25) is 0 Å². The third kappa shape index (κ3) is 853. The predicted molar refractivity (Wildman–Crippen MR) is 34.1 cm³/mol. The van der Waals surface area contributed by atoms with Gasteiger partial charge in [-0.1, -0.05) is 0 Å². The first kappa shape index (κ1) is 57.3. The second-order valence-electron chi connectivity index (χ2n) is 0. The maximum Gasteiger partial charge on any atom is 0.281 e.